The molecule has 1 saturated heterocycles. The second-order valence-corrected chi connectivity index (χ2v) is 6.04. The third-order valence-electron chi connectivity index (χ3n) is 4.07. The van der Waals surface area contributed by atoms with Gasteiger partial charge < -0.3 is 15.0 Å². The summed E-state index contributed by atoms with van der Waals surface area (Å²) in [6.07, 6.45) is 0. The molecule has 118 valence electrons. The van der Waals surface area contributed by atoms with E-state index in [4.69, 9.17) is 4.74 Å². The van der Waals surface area contributed by atoms with Crippen LogP contribution in [0.15, 0.2) is 24.3 Å². The minimum Gasteiger partial charge on any atom is -0.494 e. The number of benzene rings is 1. The van der Waals surface area contributed by atoms with Gasteiger partial charge in [-0.05, 0) is 34.0 Å². The van der Waals surface area contributed by atoms with Crippen LogP contribution in [-0.4, -0.2) is 62.7 Å². The molecular weight excluding hydrogens is 262 g/mol. The third kappa shape index (κ3) is 4.19. The largest absolute Gasteiger partial charge is 0.494 e. The van der Waals surface area contributed by atoms with Gasteiger partial charge in [-0.3, -0.25) is 4.90 Å². The summed E-state index contributed by atoms with van der Waals surface area (Å²) >= 11 is 0. The van der Waals surface area contributed by atoms with E-state index in [2.05, 4.69) is 60.4 Å². The average molecular weight is 291 g/mol. The summed E-state index contributed by atoms with van der Waals surface area (Å²) in [5.41, 5.74) is 1.31. The molecule has 1 aromatic rings. The summed E-state index contributed by atoms with van der Waals surface area (Å²) in [5, 5.41) is 3.48. The van der Waals surface area contributed by atoms with E-state index in [1.807, 2.05) is 6.92 Å². The Bertz CT molecular complexity index is 436. The zero-order chi connectivity index (χ0) is 15.2. The van der Waals surface area contributed by atoms with Crippen LogP contribution in [0, 0.1) is 0 Å². The van der Waals surface area contributed by atoms with Crippen LogP contribution < -0.4 is 10.1 Å². The number of nitrogens with one attached hydrogen (secondary N) is 1. The quantitative estimate of drug-likeness (QED) is 0.867. The Morgan fingerprint density at radius 2 is 2.14 bits per heavy atom. The molecule has 2 unspecified atom stereocenters. The highest BCUT2D eigenvalue weighted by Gasteiger charge is 2.29. The van der Waals surface area contributed by atoms with Crippen LogP contribution in [0.5, 0.6) is 5.75 Å². The first-order valence-electron chi connectivity index (χ1n) is 7.96. The molecule has 0 spiro atoms. The highest BCUT2D eigenvalue weighted by molar-refractivity contribution is 5.36. The molecule has 1 N–H and O–H groups in total. The average Bonchev–Trinajstić information content (AvgIpc) is 2.46. The Morgan fingerprint density at radius 3 is 2.81 bits per heavy atom. The fourth-order valence-corrected chi connectivity index (χ4v) is 3.09. The van der Waals surface area contributed by atoms with E-state index in [1.54, 1.807) is 0 Å². The molecule has 4 nitrogen and oxygen atoms in total. The van der Waals surface area contributed by atoms with Gasteiger partial charge in [0.25, 0.3) is 0 Å². The second kappa shape index (κ2) is 7.78. The van der Waals surface area contributed by atoms with Crippen molar-refractivity contribution < 1.29 is 4.74 Å². The maximum atomic E-state index is 5.86. The lowest BCUT2D eigenvalue weighted by molar-refractivity contribution is 0.0947. The number of piperazine rings is 1. The first kappa shape index (κ1) is 16.3. The minimum absolute atomic E-state index is 0.375. The summed E-state index contributed by atoms with van der Waals surface area (Å²) in [6, 6.07) is 9.40. The van der Waals surface area contributed by atoms with E-state index >= 15 is 0 Å². The summed E-state index contributed by atoms with van der Waals surface area (Å²) in [6.45, 7) is 9.27. The maximum Gasteiger partial charge on any atom is 0.124 e. The number of para-hydroxylation sites is 1. The van der Waals surface area contributed by atoms with Gasteiger partial charge in [-0.2, -0.15) is 0 Å². The smallest absolute Gasteiger partial charge is 0.124 e. The van der Waals surface area contributed by atoms with E-state index in [0.717, 1.165) is 31.9 Å². The van der Waals surface area contributed by atoms with Crippen LogP contribution in [0.4, 0.5) is 0 Å². The van der Waals surface area contributed by atoms with Crippen molar-refractivity contribution in [1.29, 1.82) is 0 Å². The van der Waals surface area contributed by atoms with E-state index in [0.29, 0.717) is 18.7 Å². The monoisotopic (exact) mass is 291 g/mol. The van der Waals surface area contributed by atoms with Gasteiger partial charge in [-0.1, -0.05) is 18.2 Å². The Balaban J connectivity index is 2.30. The lowest BCUT2D eigenvalue weighted by Gasteiger charge is -2.41. The molecule has 1 heterocycles. The first-order valence-corrected chi connectivity index (χ1v) is 7.96. The number of hydrogen-bond donors (Lipinski definition) is 1. The third-order valence-corrected chi connectivity index (χ3v) is 4.07. The Hall–Kier alpha value is -1.10. The SMILES string of the molecule is CCOc1ccccc1C(CN(C)C)N1CCNCC1C. The Labute approximate surface area is 129 Å². The van der Waals surface area contributed by atoms with Crippen molar-refractivity contribution in [3.63, 3.8) is 0 Å². The highest BCUT2D eigenvalue weighted by Crippen LogP contribution is 2.31. The number of ether oxygens (including phenoxy) is 1. The van der Waals surface area contributed by atoms with Crippen LogP contribution in [0.1, 0.15) is 25.5 Å². The van der Waals surface area contributed by atoms with Gasteiger partial charge in [-0.15, -0.1) is 0 Å². The topological polar surface area (TPSA) is 27.7 Å². The Kier molecular flexibility index (Phi) is 6.03. The molecule has 4 heteroatoms. The molecule has 0 aliphatic carbocycles. The van der Waals surface area contributed by atoms with E-state index in [-0.39, 0.29) is 0 Å². The molecule has 1 fully saturated rings. The number of nitrogens with zero attached hydrogens (tertiary/aromatic N) is 2. The molecule has 0 amide bonds. The molecule has 0 saturated carbocycles. The van der Waals surface area contributed by atoms with Crippen molar-refractivity contribution in [3.05, 3.63) is 29.8 Å². The van der Waals surface area contributed by atoms with Gasteiger partial charge in [0, 0.05) is 37.8 Å². The van der Waals surface area contributed by atoms with Crippen LogP contribution in [0.3, 0.4) is 0 Å². The molecule has 1 aliphatic heterocycles. The molecule has 2 rings (SSSR count). The van der Waals surface area contributed by atoms with Gasteiger partial charge in [0.2, 0.25) is 0 Å². The molecule has 21 heavy (non-hydrogen) atoms. The molecule has 0 bridgehead atoms. The second-order valence-electron chi connectivity index (χ2n) is 6.04. The fourth-order valence-electron chi connectivity index (χ4n) is 3.09. The number of likely N-dealkylation sites (N-methyl/N-ethyl adjacent to an activating group) is 1. The van der Waals surface area contributed by atoms with Gasteiger partial charge in [0.1, 0.15) is 5.75 Å². The van der Waals surface area contributed by atoms with Gasteiger partial charge in [0.05, 0.1) is 12.6 Å². The van der Waals surface area contributed by atoms with Crippen molar-refractivity contribution in [2.24, 2.45) is 0 Å². The molecular formula is C17H29N3O. The van der Waals surface area contributed by atoms with Crippen molar-refractivity contribution in [2.45, 2.75) is 25.9 Å². The normalized spacial score (nSPS) is 21.5. The van der Waals surface area contributed by atoms with Crippen LogP contribution in [0.25, 0.3) is 0 Å². The molecule has 0 aromatic heterocycles. The number of rotatable bonds is 6. The minimum atomic E-state index is 0.375. The van der Waals surface area contributed by atoms with E-state index < -0.39 is 0 Å². The lowest BCUT2D eigenvalue weighted by Crippen LogP contribution is -2.52. The van der Waals surface area contributed by atoms with Crippen LogP contribution in [0.2, 0.25) is 0 Å². The first-order chi connectivity index (χ1) is 10.1. The zero-order valence-electron chi connectivity index (χ0n) is 13.8. The van der Waals surface area contributed by atoms with Gasteiger partial charge in [0.15, 0.2) is 0 Å². The summed E-state index contributed by atoms with van der Waals surface area (Å²) in [7, 11) is 4.28. The standard InChI is InChI=1S/C17H29N3O/c1-5-21-17-9-7-6-8-15(17)16(13-19(3)4)20-11-10-18-12-14(20)2/h6-9,14,16,18H,5,10-13H2,1-4H3. The summed E-state index contributed by atoms with van der Waals surface area (Å²) in [4.78, 5) is 4.87. The lowest BCUT2D eigenvalue weighted by atomic mass is 10.0. The fraction of sp³-hybridized carbons (Fsp3) is 0.647. The molecule has 2 atom stereocenters. The zero-order valence-corrected chi connectivity index (χ0v) is 13.8. The van der Waals surface area contributed by atoms with Crippen LogP contribution in [-0.2, 0) is 0 Å². The van der Waals surface area contributed by atoms with E-state index in [9.17, 15) is 0 Å². The van der Waals surface area contributed by atoms with Gasteiger partial charge in [-0.25, -0.2) is 0 Å². The predicted octanol–water partition coefficient (Wildman–Crippen LogP) is 1.98. The van der Waals surface area contributed by atoms with Crippen LogP contribution >= 0.6 is 0 Å². The highest BCUT2D eigenvalue weighted by atomic mass is 16.5. The predicted molar refractivity (Wildman–Crippen MR) is 87.9 cm³/mol. The van der Waals surface area contributed by atoms with Gasteiger partial charge >= 0.3 is 0 Å². The molecule has 1 aliphatic rings. The number of hydrogen-bond acceptors (Lipinski definition) is 4. The maximum absolute atomic E-state index is 5.86. The molecule has 1 aromatic carbocycles. The molecule has 0 radical (unpaired) electrons. The van der Waals surface area contributed by atoms with Crippen molar-refractivity contribution in [3.8, 4) is 5.75 Å². The van der Waals surface area contributed by atoms with Crippen molar-refractivity contribution >= 4 is 0 Å². The van der Waals surface area contributed by atoms with E-state index in [1.165, 1.54) is 5.56 Å². The Morgan fingerprint density at radius 1 is 1.38 bits per heavy atom. The van der Waals surface area contributed by atoms with Crippen molar-refractivity contribution in [1.82, 2.24) is 15.1 Å². The summed E-state index contributed by atoms with van der Waals surface area (Å²) in [5.74, 6) is 1.03. The van der Waals surface area contributed by atoms with Crippen molar-refractivity contribution in [2.75, 3.05) is 46.9 Å². The summed E-state index contributed by atoms with van der Waals surface area (Å²) < 4.78 is 5.86.